The van der Waals surface area contributed by atoms with Gasteiger partial charge in [0.25, 0.3) is 0 Å². The van der Waals surface area contributed by atoms with Gasteiger partial charge < -0.3 is 15.4 Å². The molecular weight excluding hydrogens is 345 g/mol. The molecule has 1 aliphatic rings. The Labute approximate surface area is 159 Å². The van der Waals surface area contributed by atoms with Crippen LogP contribution < -0.4 is 15.4 Å². The van der Waals surface area contributed by atoms with Crippen LogP contribution in [0.25, 0.3) is 0 Å². The van der Waals surface area contributed by atoms with E-state index in [1.54, 1.807) is 24.3 Å². The van der Waals surface area contributed by atoms with Crippen LogP contribution in [0.4, 0.5) is 15.8 Å². The molecule has 0 amide bonds. The van der Waals surface area contributed by atoms with Crippen molar-refractivity contribution >= 4 is 17.2 Å². The number of piperazine rings is 1. The molecule has 0 spiro atoms. The summed E-state index contributed by atoms with van der Waals surface area (Å²) in [5.74, 6) is 0.494. The molecule has 6 heteroatoms. The molecule has 0 aromatic heterocycles. The third-order valence-corrected chi connectivity index (χ3v) is 4.85. The van der Waals surface area contributed by atoms with E-state index in [0.29, 0.717) is 42.3 Å². The maximum Gasteiger partial charge on any atom is 0.164 e. The lowest BCUT2D eigenvalue weighted by Gasteiger charge is -2.36. The van der Waals surface area contributed by atoms with E-state index in [4.69, 9.17) is 10.5 Å². The van der Waals surface area contributed by atoms with Gasteiger partial charge in [0.1, 0.15) is 11.6 Å². The zero-order chi connectivity index (χ0) is 19.2. The summed E-state index contributed by atoms with van der Waals surface area (Å²) in [6.07, 6.45) is 0.438. The second-order valence-corrected chi connectivity index (χ2v) is 6.64. The Bertz CT molecular complexity index is 789. The first kappa shape index (κ1) is 19.2. The van der Waals surface area contributed by atoms with E-state index in [-0.39, 0.29) is 11.6 Å². The number of ether oxygens (including phenoxy) is 1. The van der Waals surface area contributed by atoms with Crippen molar-refractivity contribution in [2.24, 2.45) is 0 Å². The number of para-hydroxylation sites is 1. The summed E-state index contributed by atoms with van der Waals surface area (Å²) in [6, 6.07) is 12.1. The normalized spacial score (nSPS) is 15.0. The maximum absolute atomic E-state index is 13.9. The highest BCUT2D eigenvalue weighted by Gasteiger charge is 2.20. The van der Waals surface area contributed by atoms with Gasteiger partial charge in [0.05, 0.1) is 18.0 Å². The highest BCUT2D eigenvalue weighted by molar-refractivity contribution is 5.97. The second-order valence-electron chi connectivity index (χ2n) is 6.64. The van der Waals surface area contributed by atoms with Gasteiger partial charge in [-0.1, -0.05) is 12.1 Å². The smallest absolute Gasteiger partial charge is 0.164 e. The molecule has 1 heterocycles. The number of carbonyl (C=O) groups is 1. The monoisotopic (exact) mass is 371 g/mol. The van der Waals surface area contributed by atoms with Crippen molar-refractivity contribution in [1.82, 2.24) is 4.90 Å². The number of nitrogens with two attached hydrogens (primary N) is 1. The molecule has 3 rings (SSSR count). The van der Waals surface area contributed by atoms with Gasteiger partial charge in [0.15, 0.2) is 5.78 Å². The molecule has 1 aliphatic heterocycles. The SMILES string of the molecule is CCOc1ccc(C(=O)CCN2CCN(c3ccccc3F)CC2)cc1N. The van der Waals surface area contributed by atoms with E-state index in [9.17, 15) is 9.18 Å². The summed E-state index contributed by atoms with van der Waals surface area (Å²) >= 11 is 0. The van der Waals surface area contributed by atoms with Crippen LogP contribution in [0.2, 0.25) is 0 Å². The fourth-order valence-electron chi connectivity index (χ4n) is 3.33. The molecule has 0 unspecified atom stereocenters. The minimum atomic E-state index is -0.186. The number of carbonyl (C=O) groups excluding carboxylic acids is 1. The van der Waals surface area contributed by atoms with E-state index in [0.717, 1.165) is 26.2 Å². The highest BCUT2D eigenvalue weighted by Crippen LogP contribution is 2.23. The average molecular weight is 371 g/mol. The predicted octanol–water partition coefficient (Wildman–Crippen LogP) is 3.20. The van der Waals surface area contributed by atoms with E-state index in [1.165, 1.54) is 6.07 Å². The van der Waals surface area contributed by atoms with Gasteiger partial charge in [-0.15, -0.1) is 0 Å². The molecule has 27 heavy (non-hydrogen) atoms. The lowest BCUT2D eigenvalue weighted by Crippen LogP contribution is -2.47. The van der Waals surface area contributed by atoms with Crippen LogP contribution in [0, 0.1) is 5.82 Å². The average Bonchev–Trinajstić information content (AvgIpc) is 2.69. The van der Waals surface area contributed by atoms with Crippen molar-refractivity contribution in [1.29, 1.82) is 0 Å². The van der Waals surface area contributed by atoms with Gasteiger partial charge >= 0.3 is 0 Å². The van der Waals surface area contributed by atoms with Crippen LogP contribution >= 0.6 is 0 Å². The molecule has 0 aliphatic carbocycles. The van der Waals surface area contributed by atoms with E-state index in [2.05, 4.69) is 9.80 Å². The summed E-state index contributed by atoms with van der Waals surface area (Å²) in [5, 5.41) is 0. The van der Waals surface area contributed by atoms with Crippen LogP contribution in [0.15, 0.2) is 42.5 Å². The lowest BCUT2D eigenvalue weighted by atomic mass is 10.1. The van der Waals surface area contributed by atoms with Crippen LogP contribution in [-0.2, 0) is 0 Å². The quantitative estimate of drug-likeness (QED) is 0.598. The minimum Gasteiger partial charge on any atom is -0.492 e. The third-order valence-electron chi connectivity index (χ3n) is 4.85. The van der Waals surface area contributed by atoms with Crippen molar-refractivity contribution in [3.05, 3.63) is 53.8 Å². The standard InChI is InChI=1S/C21H26FN3O2/c1-2-27-21-8-7-16(15-18(21)23)20(26)9-10-24-11-13-25(14-12-24)19-6-4-3-5-17(19)22/h3-8,15H,2,9-14,23H2,1H3. The number of nitrogen functional groups attached to an aromatic ring is 1. The Morgan fingerprint density at radius 2 is 1.89 bits per heavy atom. The first-order chi connectivity index (χ1) is 13.1. The molecule has 0 saturated carbocycles. The largest absolute Gasteiger partial charge is 0.492 e. The Balaban J connectivity index is 1.49. The first-order valence-corrected chi connectivity index (χ1v) is 9.36. The minimum absolute atomic E-state index is 0.0706. The topological polar surface area (TPSA) is 58.8 Å². The van der Waals surface area contributed by atoms with Crippen LogP contribution in [0.1, 0.15) is 23.7 Å². The van der Waals surface area contributed by atoms with Gasteiger partial charge in [0.2, 0.25) is 0 Å². The molecule has 0 radical (unpaired) electrons. The van der Waals surface area contributed by atoms with Crippen molar-refractivity contribution in [2.75, 3.05) is 50.0 Å². The molecule has 5 nitrogen and oxygen atoms in total. The number of anilines is 2. The van der Waals surface area contributed by atoms with Crippen molar-refractivity contribution in [2.45, 2.75) is 13.3 Å². The van der Waals surface area contributed by atoms with E-state index < -0.39 is 0 Å². The Kier molecular flexibility index (Phi) is 6.29. The van der Waals surface area contributed by atoms with Gasteiger partial charge in [-0.05, 0) is 37.3 Å². The Morgan fingerprint density at radius 1 is 1.15 bits per heavy atom. The molecule has 144 valence electrons. The molecule has 1 saturated heterocycles. The summed E-state index contributed by atoms with van der Waals surface area (Å²) in [4.78, 5) is 16.8. The first-order valence-electron chi connectivity index (χ1n) is 9.36. The van der Waals surface area contributed by atoms with E-state index in [1.807, 2.05) is 19.1 Å². The zero-order valence-electron chi connectivity index (χ0n) is 15.7. The van der Waals surface area contributed by atoms with Crippen molar-refractivity contribution < 1.29 is 13.9 Å². The molecular formula is C21H26FN3O2. The molecule has 1 fully saturated rings. The van der Waals surface area contributed by atoms with Crippen LogP contribution in [0.3, 0.4) is 0 Å². The summed E-state index contributed by atoms with van der Waals surface area (Å²) in [6.45, 7) is 6.26. The van der Waals surface area contributed by atoms with Crippen LogP contribution in [0.5, 0.6) is 5.75 Å². The fourth-order valence-corrected chi connectivity index (χ4v) is 3.33. The van der Waals surface area contributed by atoms with Crippen molar-refractivity contribution in [3.63, 3.8) is 0 Å². The summed E-state index contributed by atoms with van der Waals surface area (Å²) in [5.41, 5.74) is 7.69. The predicted molar refractivity (Wildman–Crippen MR) is 106 cm³/mol. The lowest BCUT2D eigenvalue weighted by molar-refractivity contribution is 0.0962. The molecule has 2 N–H and O–H groups in total. The number of hydrogen-bond donors (Lipinski definition) is 1. The molecule has 0 bridgehead atoms. The number of halogens is 1. The maximum atomic E-state index is 13.9. The fraction of sp³-hybridized carbons (Fsp3) is 0.381. The van der Waals surface area contributed by atoms with Crippen molar-refractivity contribution in [3.8, 4) is 5.75 Å². The van der Waals surface area contributed by atoms with Gasteiger partial charge in [-0.3, -0.25) is 9.69 Å². The number of rotatable bonds is 7. The summed E-state index contributed by atoms with van der Waals surface area (Å²) < 4.78 is 19.3. The molecule has 0 atom stereocenters. The van der Waals surface area contributed by atoms with Gasteiger partial charge in [0, 0.05) is 44.7 Å². The zero-order valence-corrected chi connectivity index (χ0v) is 15.7. The van der Waals surface area contributed by atoms with Crippen LogP contribution in [-0.4, -0.2) is 50.0 Å². The molecule has 2 aromatic carbocycles. The number of Topliss-reactive ketones (excluding diaryl/α,β-unsaturated/α-hetero) is 1. The van der Waals surface area contributed by atoms with Gasteiger partial charge in [-0.2, -0.15) is 0 Å². The Morgan fingerprint density at radius 3 is 2.56 bits per heavy atom. The van der Waals surface area contributed by atoms with E-state index >= 15 is 0 Å². The molecule has 2 aromatic rings. The summed E-state index contributed by atoms with van der Waals surface area (Å²) in [7, 11) is 0. The third kappa shape index (κ3) is 4.77. The van der Waals surface area contributed by atoms with Gasteiger partial charge in [-0.25, -0.2) is 4.39 Å². The number of nitrogens with zero attached hydrogens (tertiary/aromatic N) is 2. The highest BCUT2D eigenvalue weighted by atomic mass is 19.1. The Hall–Kier alpha value is -2.60. The number of hydrogen-bond acceptors (Lipinski definition) is 5. The second kappa shape index (κ2) is 8.86. The number of ketones is 1. The number of benzene rings is 2.